The maximum absolute atomic E-state index is 12.6. The molecule has 1 N–H and O–H groups in total. The van der Waals surface area contributed by atoms with Crippen LogP contribution in [0.15, 0.2) is 48.8 Å². The van der Waals surface area contributed by atoms with Gasteiger partial charge in [-0.15, -0.1) is 0 Å². The molecule has 2 amide bonds. The highest BCUT2D eigenvalue weighted by Crippen LogP contribution is 2.14. The van der Waals surface area contributed by atoms with Gasteiger partial charge >= 0.3 is 0 Å². The number of carbonyl (C=O) groups excluding carboxylic acids is 2. The molecule has 0 aliphatic carbocycles. The van der Waals surface area contributed by atoms with Gasteiger partial charge in [0, 0.05) is 43.6 Å². The van der Waals surface area contributed by atoms with Crippen LogP contribution in [-0.4, -0.2) is 40.4 Å². The van der Waals surface area contributed by atoms with E-state index < -0.39 is 0 Å². The van der Waals surface area contributed by atoms with Crippen molar-refractivity contribution in [3.8, 4) is 5.69 Å². The molecular formula is C20H25N3O2. The fraction of sp³-hybridized carbons (Fsp3) is 0.400. The van der Waals surface area contributed by atoms with Gasteiger partial charge in [-0.25, -0.2) is 0 Å². The molecule has 0 radical (unpaired) electrons. The first-order valence-corrected chi connectivity index (χ1v) is 8.95. The Hall–Kier alpha value is -2.56. The van der Waals surface area contributed by atoms with Crippen LogP contribution in [0.3, 0.4) is 0 Å². The Kier molecular flexibility index (Phi) is 5.53. The molecule has 1 atom stereocenters. The molecule has 2 aromatic rings. The molecule has 1 aliphatic heterocycles. The van der Waals surface area contributed by atoms with Gasteiger partial charge in [-0.1, -0.05) is 19.1 Å². The third-order valence-corrected chi connectivity index (χ3v) is 4.65. The van der Waals surface area contributed by atoms with Crippen LogP contribution in [0.1, 0.15) is 31.7 Å². The first-order valence-electron chi connectivity index (χ1n) is 8.95. The van der Waals surface area contributed by atoms with Gasteiger partial charge in [0.25, 0.3) is 0 Å². The second-order valence-corrected chi connectivity index (χ2v) is 6.53. The van der Waals surface area contributed by atoms with Crippen LogP contribution in [0, 0.1) is 0 Å². The SMILES string of the molecule is CCC(=O)N[C@@H]1CCCN(C(=O)Cc2ccc(-n3cccc3)cc2)C1. The summed E-state index contributed by atoms with van der Waals surface area (Å²) in [5, 5.41) is 3.00. The van der Waals surface area contributed by atoms with E-state index in [1.54, 1.807) is 0 Å². The Balaban J connectivity index is 1.57. The fourth-order valence-electron chi connectivity index (χ4n) is 3.23. The Morgan fingerprint density at radius 3 is 2.56 bits per heavy atom. The molecule has 3 rings (SSSR count). The van der Waals surface area contributed by atoms with Crippen LogP contribution < -0.4 is 5.32 Å². The first-order chi connectivity index (χ1) is 12.2. The number of nitrogens with one attached hydrogen (secondary N) is 1. The number of piperidine rings is 1. The highest BCUT2D eigenvalue weighted by atomic mass is 16.2. The van der Waals surface area contributed by atoms with E-state index in [0.29, 0.717) is 19.4 Å². The number of carbonyl (C=O) groups is 2. The average molecular weight is 339 g/mol. The second kappa shape index (κ2) is 8.01. The molecule has 5 heteroatoms. The monoisotopic (exact) mass is 339 g/mol. The van der Waals surface area contributed by atoms with Gasteiger partial charge in [0.1, 0.15) is 0 Å². The molecule has 1 aromatic carbocycles. The zero-order chi connectivity index (χ0) is 17.6. The molecule has 2 heterocycles. The molecule has 0 bridgehead atoms. The van der Waals surface area contributed by atoms with Gasteiger partial charge in [0.2, 0.25) is 11.8 Å². The van der Waals surface area contributed by atoms with Crippen molar-refractivity contribution in [1.82, 2.24) is 14.8 Å². The summed E-state index contributed by atoms with van der Waals surface area (Å²) in [4.78, 5) is 26.0. The molecule has 1 aliphatic rings. The summed E-state index contributed by atoms with van der Waals surface area (Å²) in [6.45, 7) is 3.24. The summed E-state index contributed by atoms with van der Waals surface area (Å²) in [5.74, 6) is 0.184. The summed E-state index contributed by atoms with van der Waals surface area (Å²) < 4.78 is 2.04. The number of amides is 2. The van der Waals surface area contributed by atoms with Gasteiger partial charge in [-0.3, -0.25) is 9.59 Å². The highest BCUT2D eigenvalue weighted by Gasteiger charge is 2.24. The van der Waals surface area contributed by atoms with E-state index in [1.165, 1.54) is 0 Å². The van der Waals surface area contributed by atoms with Gasteiger partial charge in [0.05, 0.1) is 6.42 Å². The zero-order valence-corrected chi connectivity index (χ0v) is 14.6. The lowest BCUT2D eigenvalue weighted by Crippen LogP contribution is -2.49. The molecule has 25 heavy (non-hydrogen) atoms. The number of nitrogens with zero attached hydrogens (tertiary/aromatic N) is 2. The summed E-state index contributed by atoms with van der Waals surface area (Å²) in [7, 11) is 0. The zero-order valence-electron chi connectivity index (χ0n) is 14.6. The largest absolute Gasteiger partial charge is 0.352 e. The van der Waals surface area contributed by atoms with Crippen molar-refractivity contribution in [2.45, 2.75) is 38.6 Å². The van der Waals surface area contributed by atoms with E-state index in [2.05, 4.69) is 5.32 Å². The summed E-state index contributed by atoms with van der Waals surface area (Å²) in [6.07, 6.45) is 6.77. The Labute approximate surface area is 148 Å². The lowest BCUT2D eigenvalue weighted by molar-refractivity contribution is -0.133. The molecule has 0 saturated carbocycles. The maximum atomic E-state index is 12.6. The number of hydrogen-bond acceptors (Lipinski definition) is 2. The number of aromatic nitrogens is 1. The Bertz CT molecular complexity index is 707. The molecular weight excluding hydrogens is 314 g/mol. The van der Waals surface area contributed by atoms with Crippen molar-refractivity contribution in [2.24, 2.45) is 0 Å². The lowest BCUT2D eigenvalue weighted by Gasteiger charge is -2.33. The summed E-state index contributed by atoms with van der Waals surface area (Å²) >= 11 is 0. The van der Waals surface area contributed by atoms with E-state index in [1.807, 2.05) is 65.2 Å². The maximum Gasteiger partial charge on any atom is 0.227 e. The second-order valence-electron chi connectivity index (χ2n) is 6.53. The van der Waals surface area contributed by atoms with E-state index in [0.717, 1.165) is 30.6 Å². The summed E-state index contributed by atoms with van der Waals surface area (Å²) in [6, 6.07) is 12.1. The van der Waals surface area contributed by atoms with Crippen LogP contribution in [0.2, 0.25) is 0 Å². The number of rotatable bonds is 5. The molecule has 1 saturated heterocycles. The molecule has 1 aromatic heterocycles. The lowest BCUT2D eigenvalue weighted by atomic mass is 10.0. The van der Waals surface area contributed by atoms with Gasteiger partial charge in [-0.05, 0) is 42.7 Å². The van der Waals surface area contributed by atoms with Crippen molar-refractivity contribution in [3.63, 3.8) is 0 Å². The van der Waals surface area contributed by atoms with Crippen molar-refractivity contribution in [1.29, 1.82) is 0 Å². The topological polar surface area (TPSA) is 54.3 Å². The molecule has 132 valence electrons. The average Bonchev–Trinajstić information content (AvgIpc) is 3.17. The van der Waals surface area contributed by atoms with Crippen molar-refractivity contribution in [3.05, 3.63) is 54.4 Å². The summed E-state index contributed by atoms with van der Waals surface area (Å²) in [5.41, 5.74) is 2.10. The van der Waals surface area contributed by atoms with E-state index in [4.69, 9.17) is 0 Å². The molecule has 1 fully saturated rings. The van der Waals surface area contributed by atoms with Gasteiger partial charge in [-0.2, -0.15) is 0 Å². The first kappa shape index (κ1) is 17.3. The number of likely N-dealkylation sites (tertiary alicyclic amines) is 1. The third kappa shape index (κ3) is 4.50. The number of hydrogen-bond donors (Lipinski definition) is 1. The van der Waals surface area contributed by atoms with E-state index in [-0.39, 0.29) is 17.9 Å². The van der Waals surface area contributed by atoms with Crippen LogP contribution >= 0.6 is 0 Å². The van der Waals surface area contributed by atoms with Crippen LogP contribution in [0.5, 0.6) is 0 Å². The molecule has 0 spiro atoms. The van der Waals surface area contributed by atoms with Gasteiger partial charge < -0.3 is 14.8 Å². The fourth-order valence-corrected chi connectivity index (χ4v) is 3.23. The smallest absolute Gasteiger partial charge is 0.227 e. The van der Waals surface area contributed by atoms with E-state index in [9.17, 15) is 9.59 Å². The van der Waals surface area contributed by atoms with Gasteiger partial charge in [0.15, 0.2) is 0 Å². The standard InChI is InChI=1S/C20H25N3O2/c1-2-19(24)21-17-6-5-13-23(15-17)20(25)14-16-7-9-18(10-8-16)22-11-3-4-12-22/h3-4,7-12,17H,2,5-6,13-15H2,1H3,(H,21,24)/t17-/m1/s1. The van der Waals surface area contributed by atoms with Crippen molar-refractivity contribution in [2.75, 3.05) is 13.1 Å². The Morgan fingerprint density at radius 1 is 1.16 bits per heavy atom. The molecule has 5 nitrogen and oxygen atoms in total. The van der Waals surface area contributed by atoms with Crippen LogP contribution in [0.25, 0.3) is 5.69 Å². The van der Waals surface area contributed by atoms with E-state index >= 15 is 0 Å². The predicted octanol–water partition coefficient (Wildman–Crippen LogP) is 2.54. The Morgan fingerprint density at radius 2 is 1.88 bits per heavy atom. The van der Waals surface area contributed by atoms with Crippen LogP contribution in [-0.2, 0) is 16.0 Å². The van der Waals surface area contributed by atoms with Crippen LogP contribution in [0.4, 0.5) is 0 Å². The minimum Gasteiger partial charge on any atom is -0.352 e. The minimum absolute atomic E-state index is 0.0555. The minimum atomic E-state index is 0.0555. The highest BCUT2D eigenvalue weighted by molar-refractivity contribution is 5.79. The van der Waals surface area contributed by atoms with Crippen molar-refractivity contribution >= 4 is 11.8 Å². The molecule has 0 unspecified atom stereocenters. The van der Waals surface area contributed by atoms with Crippen molar-refractivity contribution < 1.29 is 9.59 Å². The third-order valence-electron chi connectivity index (χ3n) is 4.65. The number of benzene rings is 1. The predicted molar refractivity (Wildman–Crippen MR) is 97.5 cm³/mol. The quantitative estimate of drug-likeness (QED) is 0.910. The normalized spacial score (nSPS) is 17.3.